The average molecular weight is 897 g/mol. The third-order valence-corrected chi connectivity index (χ3v) is 15.5. The topological polar surface area (TPSA) is 164 Å². The van der Waals surface area contributed by atoms with Crippen LogP contribution >= 0.6 is 0 Å². The van der Waals surface area contributed by atoms with Crippen molar-refractivity contribution in [3.63, 3.8) is 0 Å². The van der Waals surface area contributed by atoms with Gasteiger partial charge in [0.15, 0.2) is 36.0 Å². The lowest BCUT2D eigenvalue weighted by atomic mass is 9.71. The lowest BCUT2D eigenvalue weighted by Gasteiger charge is -2.51. The molecule has 6 fully saturated rings. The van der Waals surface area contributed by atoms with Crippen molar-refractivity contribution in [2.24, 2.45) is 23.7 Å². The minimum Gasteiger partial charge on any atom is -0.462 e. The maximum Gasteiger partial charge on any atom is 0.316 e. The van der Waals surface area contributed by atoms with Crippen LogP contribution in [0.2, 0.25) is 0 Å². The van der Waals surface area contributed by atoms with Crippen molar-refractivity contribution in [3.8, 4) is 0 Å². The van der Waals surface area contributed by atoms with E-state index >= 15 is 0 Å². The van der Waals surface area contributed by atoms with Crippen LogP contribution in [-0.4, -0.2) is 128 Å². The van der Waals surface area contributed by atoms with Gasteiger partial charge in [-0.2, -0.15) is 0 Å². The zero-order valence-electron chi connectivity index (χ0n) is 39.1. The number of fused-ring (bicyclic) bond motifs is 2. The predicted molar refractivity (Wildman–Crippen MR) is 233 cm³/mol. The average Bonchev–Trinajstić information content (AvgIpc) is 3.62. The lowest BCUT2D eigenvalue weighted by molar-refractivity contribution is -0.342. The van der Waals surface area contributed by atoms with E-state index in [2.05, 4.69) is 26.8 Å². The molecule has 6 heterocycles. The first kappa shape index (κ1) is 47.8. The van der Waals surface area contributed by atoms with E-state index in [1.807, 2.05) is 19.1 Å². The number of hydrogen-bond donors (Lipinski definition) is 1. The van der Waals surface area contributed by atoms with E-state index in [-0.39, 0.29) is 42.7 Å². The Labute approximate surface area is 378 Å². The molecular formula is C50H72O14. The van der Waals surface area contributed by atoms with Crippen LogP contribution in [0.25, 0.3) is 0 Å². The first-order valence-electron chi connectivity index (χ1n) is 24.0. The number of rotatable bonds is 7. The summed E-state index contributed by atoms with van der Waals surface area (Å²) in [7, 11) is 3.15. The van der Waals surface area contributed by atoms with Crippen molar-refractivity contribution in [3.05, 3.63) is 47.1 Å². The van der Waals surface area contributed by atoms with E-state index in [9.17, 15) is 19.5 Å². The molecule has 0 aromatic rings. The lowest BCUT2D eigenvalue weighted by Crippen LogP contribution is -2.57. The number of carbonyl (C=O) groups is 3. The fourth-order valence-electron chi connectivity index (χ4n) is 11.8. The summed E-state index contributed by atoms with van der Waals surface area (Å²) < 4.78 is 63.9. The largest absolute Gasteiger partial charge is 0.462 e. The number of ketones is 2. The SMILES string of the molecule is CO[C@H]1C[C@H](O[C@H]2[C@H](C)OC(O[C@@H]3/C(C)=C/C[C@@H]4C[C@@H](C[C@]5(CC[C@H](C)[C@@H](C6CCCCC6)O5)O4)OC(=O)[C@@H]4C=C(C)C(=O)[C@H]5OC/C(=C\C=C\[C@@H]3C)[C@]54O)C[C@@H]2OC)O[C@@H](C)C1=O. The fourth-order valence-corrected chi connectivity index (χ4v) is 11.8. The third-order valence-electron chi connectivity index (χ3n) is 15.5. The fraction of sp³-hybridized carbons (Fsp3) is 0.780. The van der Waals surface area contributed by atoms with Crippen LogP contribution in [0.3, 0.4) is 0 Å². The molecule has 0 aromatic heterocycles. The maximum absolute atomic E-state index is 14.4. The van der Waals surface area contributed by atoms with Gasteiger partial charge in [0.05, 0.1) is 37.1 Å². The van der Waals surface area contributed by atoms with Crippen molar-refractivity contribution >= 4 is 17.5 Å². The molecule has 64 heavy (non-hydrogen) atoms. The Bertz CT molecular complexity index is 1830. The van der Waals surface area contributed by atoms with Gasteiger partial charge < -0.3 is 52.5 Å². The Balaban J connectivity index is 1.08. The van der Waals surface area contributed by atoms with Crippen LogP contribution in [0, 0.1) is 23.7 Å². The zero-order valence-corrected chi connectivity index (χ0v) is 39.1. The van der Waals surface area contributed by atoms with Gasteiger partial charge in [-0.25, -0.2) is 0 Å². The molecule has 1 spiro atoms. The first-order valence-corrected chi connectivity index (χ1v) is 24.0. The molecule has 2 aliphatic carbocycles. The van der Waals surface area contributed by atoms with Gasteiger partial charge >= 0.3 is 5.97 Å². The second-order valence-corrected chi connectivity index (χ2v) is 20.0. The molecule has 8 aliphatic rings. The van der Waals surface area contributed by atoms with Crippen LogP contribution in [0.1, 0.15) is 119 Å². The van der Waals surface area contributed by atoms with Crippen molar-refractivity contribution in [2.75, 3.05) is 20.8 Å². The standard InChI is InChI=1S/C50H72O14/c1-27-13-12-16-34-26-57-47-42(51)30(4)21-37(50(34,47)54)48(53)60-36-22-35(63-49(25-36)20-19-29(3)45(64-49)33-14-10-9-11-15-33)18-17-28(2)44(27)61-41-24-39(56-8)46(32(6)59-41)62-40-23-38(55-7)43(52)31(5)58-40/h12-13,16-17,21,27,29,31-33,35-41,44-47,54H,9-11,14-15,18-20,22-26H2,1-8H3/b13-12+,28-17+,34-16+/t27-,29-,31-,32-,35+,36-,37-,38-,39-,40-,41?,44-,45-,46-,47+,49+,50+/m0/s1. The van der Waals surface area contributed by atoms with Gasteiger partial charge in [0.1, 0.15) is 35.9 Å². The summed E-state index contributed by atoms with van der Waals surface area (Å²) in [4.78, 5) is 40.4. The number of carbonyl (C=O) groups excluding carboxylic acids is 3. The van der Waals surface area contributed by atoms with Crippen LogP contribution < -0.4 is 0 Å². The summed E-state index contributed by atoms with van der Waals surface area (Å²) in [5.41, 5.74) is -0.166. The molecule has 14 nitrogen and oxygen atoms in total. The van der Waals surface area contributed by atoms with E-state index < -0.39 is 84.7 Å². The quantitative estimate of drug-likeness (QED) is 0.216. The first-order chi connectivity index (χ1) is 30.6. The van der Waals surface area contributed by atoms with Gasteiger partial charge in [0, 0.05) is 52.2 Å². The molecule has 1 saturated carbocycles. The molecule has 6 aliphatic heterocycles. The van der Waals surface area contributed by atoms with Crippen molar-refractivity contribution in [2.45, 2.75) is 204 Å². The number of methoxy groups -OCH3 is 2. The summed E-state index contributed by atoms with van der Waals surface area (Å²) in [5, 5.41) is 12.5. The number of allylic oxidation sites excluding steroid dienone is 2. The third kappa shape index (κ3) is 9.70. The van der Waals surface area contributed by atoms with E-state index in [4.69, 9.17) is 47.4 Å². The highest BCUT2D eigenvalue weighted by Gasteiger charge is 2.60. The van der Waals surface area contributed by atoms with Gasteiger partial charge in [-0.05, 0) is 81.9 Å². The van der Waals surface area contributed by atoms with Crippen LogP contribution in [0.5, 0.6) is 0 Å². The molecule has 1 unspecified atom stereocenters. The van der Waals surface area contributed by atoms with Gasteiger partial charge in [-0.3, -0.25) is 14.4 Å². The number of esters is 1. The predicted octanol–water partition coefficient (Wildman–Crippen LogP) is 6.55. The van der Waals surface area contributed by atoms with Crippen molar-refractivity contribution in [1.29, 1.82) is 0 Å². The normalized spacial score (nSPS) is 47.2. The molecule has 17 atom stereocenters. The summed E-state index contributed by atoms with van der Waals surface area (Å²) in [5.74, 6) is -2.50. The summed E-state index contributed by atoms with van der Waals surface area (Å²) in [6.45, 7) is 11.7. The Hall–Kier alpha value is -2.63. The number of aliphatic hydroxyl groups is 1. The Morgan fingerprint density at radius 3 is 2.38 bits per heavy atom. The highest BCUT2D eigenvalue weighted by molar-refractivity contribution is 6.03. The summed E-state index contributed by atoms with van der Waals surface area (Å²) >= 11 is 0. The smallest absolute Gasteiger partial charge is 0.316 e. The molecule has 8 rings (SSSR count). The van der Waals surface area contributed by atoms with Gasteiger partial charge in [0.2, 0.25) is 0 Å². The molecule has 0 amide bonds. The van der Waals surface area contributed by atoms with E-state index in [0.29, 0.717) is 55.1 Å². The molecule has 5 saturated heterocycles. The van der Waals surface area contributed by atoms with Crippen LogP contribution in [0.15, 0.2) is 47.1 Å². The van der Waals surface area contributed by atoms with Crippen LogP contribution in [0.4, 0.5) is 0 Å². The number of ether oxygens (including phenoxy) is 10. The molecule has 356 valence electrons. The number of Topliss-reactive ketones (excluding diaryl/α,β-unsaturated/α-hetero) is 2. The molecular weight excluding hydrogens is 825 g/mol. The second kappa shape index (κ2) is 19.9. The van der Waals surface area contributed by atoms with Gasteiger partial charge in [0.25, 0.3) is 0 Å². The Kier molecular flexibility index (Phi) is 14.9. The zero-order chi connectivity index (χ0) is 45.5. The molecule has 1 N–H and O–H groups in total. The molecule has 14 heteroatoms. The highest BCUT2D eigenvalue weighted by atomic mass is 16.7. The second-order valence-electron chi connectivity index (χ2n) is 20.0. The Morgan fingerprint density at radius 1 is 0.859 bits per heavy atom. The minimum absolute atomic E-state index is 0.0187. The van der Waals surface area contributed by atoms with Crippen molar-refractivity contribution in [1.82, 2.24) is 0 Å². The minimum atomic E-state index is -1.92. The van der Waals surface area contributed by atoms with Gasteiger partial charge in [-0.1, -0.05) is 63.5 Å². The molecule has 0 radical (unpaired) electrons. The number of hydrogen-bond acceptors (Lipinski definition) is 14. The summed E-state index contributed by atoms with van der Waals surface area (Å²) in [6, 6.07) is 0. The Morgan fingerprint density at radius 2 is 1.62 bits per heavy atom. The maximum atomic E-state index is 14.4. The van der Waals surface area contributed by atoms with Crippen LogP contribution in [-0.2, 0) is 61.8 Å². The highest BCUT2D eigenvalue weighted by Crippen LogP contribution is 2.48. The molecule has 0 aromatic carbocycles. The monoisotopic (exact) mass is 896 g/mol. The van der Waals surface area contributed by atoms with Crippen molar-refractivity contribution < 1.29 is 66.9 Å². The van der Waals surface area contributed by atoms with E-state index in [1.165, 1.54) is 26.4 Å². The van der Waals surface area contributed by atoms with E-state index in [0.717, 1.165) is 24.8 Å². The van der Waals surface area contributed by atoms with Gasteiger partial charge in [-0.15, -0.1) is 0 Å². The van der Waals surface area contributed by atoms with E-state index in [1.54, 1.807) is 33.1 Å². The molecule has 2 bridgehead atoms. The summed E-state index contributed by atoms with van der Waals surface area (Å²) in [6.07, 6.45) is 12.3.